The van der Waals surface area contributed by atoms with Crippen LogP contribution in [0.2, 0.25) is 0 Å². The average Bonchev–Trinajstić information content (AvgIpc) is 3.45. The van der Waals surface area contributed by atoms with E-state index in [1.807, 2.05) is 56.6 Å². The van der Waals surface area contributed by atoms with Crippen LogP contribution in [0.15, 0.2) is 59.5 Å². The van der Waals surface area contributed by atoms with Crippen LogP contribution < -0.4 is 10.5 Å². The Morgan fingerprint density at radius 2 is 1.70 bits per heavy atom. The van der Waals surface area contributed by atoms with Gasteiger partial charge in [0.1, 0.15) is 17.4 Å². The highest BCUT2D eigenvalue weighted by Crippen LogP contribution is 2.35. The number of aryl methyl sites for hydroxylation is 2. The van der Waals surface area contributed by atoms with Crippen molar-refractivity contribution in [1.82, 2.24) is 23.9 Å². The van der Waals surface area contributed by atoms with Crippen molar-refractivity contribution >= 4 is 17.5 Å². The van der Waals surface area contributed by atoms with Crippen molar-refractivity contribution in [2.45, 2.75) is 51.3 Å². The lowest BCUT2D eigenvalue weighted by Gasteiger charge is -2.37. The molecule has 0 saturated carbocycles. The summed E-state index contributed by atoms with van der Waals surface area (Å²) < 4.78 is 3.71. The number of carbonyl (C=O) groups excluding carboxylic acids is 2. The Morgan fingerprint density at radius 1 is 0.913 bits per heavy atom. The fraction of sp³-hybridized carbons (Fsp3) is 0.389. The van der Waals surface area contributed by atoms with Crippen molar-refractivity contribution in [3.05, 3.63) is 104 Å². The van der Waals surface area contributed by atoms with Crippen LogP contribution in [0.4, 0.5) is 5.69 Å². The van der Waals surface area contributed by atoms with E-state index in [-0.39, 0.29) is 30.0 Å². The first-order valence-corrected chi connectivity index (χ1v) is 16.1. The maximum atomic E-state index is 13.8. The van der Waals surface area contributed by atoms with Crippen LogP contribution in [0, 0.1) is 0 Å². The minimum Gasteiger partial charge on any atom is -0.392 e. The van der Waals surface area contributed by atoms with Crippen molar-refractivity contribution < 1.29 is 14.7 Å². The molecule has 0 bridgehead atoms. The molecule has 0 radical (unpaired) electrons. The van der Waals surface area contributed by atoms with E-state index in [1.165, 1.54) is 15.8 Å². The van der Waals surface area contributed by atoms with E-state index in [4.69, 9.17) is 4.98 Å². The molecule has 3 aliphatic rings. The van der Waals surface area contributed by atoms with Gasteiger partial charge in [-0.2, -0.15) is 0 Å². The zero-order valence-electron chi connectivity index (χ0n) is 26.7. The fourth-order valence-corrected chi connectivity index (χ4v) is 7.37. The molecule has 2 aromatic carbocycles. The molecule has 1 fully saturated rings. The molecule has 2 aliphatic heterocycles. The summed E-state index contributed by atoms with van der Waals surface area (Å²) >= 11 is 0. The largest absolute Gasteiger partial charge is 0.392 e. The van der Waals surface area contributed by atoms with Gasteiger partial charge in [0.05, 0.1) is 18.0 Å². The molecule has 46 heavy (non-hydrogen) atoms. The first-order chi connectivity index (χ1) is 22.2. The summed E-state index contributed by atoms with van der Waals surface area (Å²) in [7, 11) is 5.50. The number of benzene rings is 2. The molecular weight excluding hydrogens is 580 g/mol. The van der Waals surface area contributed by atoms with Gasteiger partial charge in [0, 0.05) is 69.7 Å². The Kier molecular flexibility index (Phi) is 7.86. The van der Waals surface area contributed by atoms with Gasteiger partial charge in [0.2, 0.25) is 5.91 Å². The van der Waals surface area contributed by atoms with E-state index in [0.717, 1.165) is 43.4 Å². The predicted octanol–water partition coefficient (Wildman–Crippen LogP) is 3.32. The second-order valence-corrected chi connectivity index (χ2v) is 12.8. The highest BCUT2D eigenvalue weighted by Gasteiger charge is 2.33. The molecule has 0 unspecified atom stereocenters. The Hall–Kier alpha value is -4.54. The zero-order valence-corrected chi connectivity index (χ0v) is 26.7. The number of aliphatic hydroxyl groups is 1. The zero-order chi connectivity index (χ0) is 32.1. The van der Waals surface area contributed by atoms with Gasteiger partial charge in [-0.05, 0) is 61.6 Å². The van der Waals surface area contributed by atoms with Gasteiger partial charge in [-0.1, -0.05) is 36.4 Å². The second kappa shape index (κ2) is 12.0. The molecule has 1 aliphatic carbocycles. The molecule has 2 amide bonds. The third kappa shape index (κ3) is 5.15. The summed E-state index contributed by atoms with van der Waals surface area (Å²) in [6.45, 7) is 2.47. The number of amides is 2. The molecule has 238 valence electrons. The third-order valence-electron chi connectivity index (χ3n) is 9.94. The summed E-state index contributed by atoms with van der Waals surface area (Å²) in [6.07, 6.45) is 6.34. The van der Waals surface area contributed by atoms with E-state index in [2.05, 4.69) is 15.5 Å². The van der Waals surface area contributed by atoms with E-state index in [9.17, 15) is 19.5 Å². The molecule has 10 nitrogen and oxygen atoms in total. The number of piperazine rings is 1. The van der Waals surface area contributed by atoms with Gasteiger partial charge >= 0.3 is 0 Å². The van der Waals surface area contributed by atoms with Crippen LogP contribution in [0.25, 0.3) is 11.3 Å². The maximum absolute atomic E-state index is 13.8. The van der Waals surface area contributed by atoms with Gasteiger partial charge in [0.15, 0.2) is 0 Å². The number of likely N-dealkylation sites (N-methyl/N-ethyl adjacent to an activating group) is 2. The normalized spacial score (nSPS) is 18.6. The lowest BCUT2D eigenvalue weighted by Crippen LogP contribution is -2.48. The van der Waals surface area contributed by atoms with Gasteiger partial charge < -0.3 is 24.0 Å². The standard InChI is InChI=1S/C36H40N6O4/c1-38-15-16-39(2)36(46)33(38)24-13-11-23(12-14-24)19-28-34(44)40(3)21-29(37-28)26-8-6-10-31(27(26)22-43)42-18-17-41-30-9-5-4-7-25(30)20-32(41)35(42)45/h6,8,10-14,20-21,33,43H,4-5,7,9,15-19,22H2,1-3H3/t33-/m1/s1. The Bertz CT molecular complexity index is 1890. The lowest BCUT2D eigenvalue weighted by atomic mass is 9.98. The topological polar surface area (TPSA) is 104 Å². The van der Waals surface area contributed by atoms with E-state index in [1.54, 1.807) is 23.0 Å². The third-order valence-corrected chi connectivity index (χ3v) is 9.94. The summed E-state index contributed by atoms with van der Waals surface area (Å²) in [5.41, 5.74) is 7.81. The van der Waals surface area contributed by atoms with Gasteiger partial charge in [-0.15, -0.1) is 0 Å². The Balaban J connectivity index is 1.19. The minimum atomic E-state index is -0.326. The molecular formula is C36H40N6O4. The quantitative estimate of drug-likeness (QED) is 0.355. The molecule has 1 N–H and O–H groups in total. The number of hydrogen-bond acceptors (Lipinski definition) is 6. The highest BCUT2D eigenvalue weighted by atomic mass is 16.3. The monoisotopic (exact) mass is 620 g/mol. The van der Waals surface area contributed by atoms with Crippen molar-refractivity contribution in [3.63, 3.8) is 0 Å². The predicted molar refractivity (Wildman–Crippen MR) is 176 cm³/mol. The van der Waals surface area contributed by atoms with Gasteiger partial charge in [-0.25, -0.2) is 4.98 Å². The molecule has 10 heteroatoms. The van der Waals surface area contributed by atoms with Gasteiger partial charge in [0.25, 0.3) is 11.5 Å². The molecule has 4 aromatic rings. The average molecular weight is 621 g/mol. The number of fused-ring (bicyclic) bond motifs is 3. The van der Waals surface area contributed by atoms with Crippen LogP contribution in [-0.4, -0.2) is 74.6 Å². The molecule has 0 spiro atoms. The van der Waals surface area contributed by atoms with Gasteiger partial charge in [-0.3, -0.25) is 19.3 Å². The van der Waals surface area contributed by atoms with Crippen LogP contribution in [0.3, 0.4) is 0 Å². The molecule has 7 rings (SSSR count). The first kappa shape index (κ1) is 30.1. The molecule has 2 aromatic heterocycles. The second-order valence-electron chi connectivity index (χ2n) is 12.8. The van der Waals surface area contributed by atoms with Crippen LogP contribution in [-0.2, 0) is 44.3 Å². The van der Waals surface area contributed by atoms with E-state index < -0.39 is 0 Å². The number of hydrogen-bond donors (Lipinski definition) is 1. The highest BCUT2D eigenvalue weighted by molar-refractivity contribution is 6.07. The van der Waals surface area contributed by atoms with E-state index in [0.29, 0.717) is 60.0 Å². The number of anilines is 1. The van der Waals surface area contributed by atoms with Crippen molar-refractivity contribution in [1.29, 1.82) is 0 Å². The number of carbonyl (C=O) groups is 2. The van der Waals surface area contributed by atoms with Crippen LogP contribution in [0.5, 0.6) is 0 Å². The van der Waals surface area contributed by atoms with E-state index >= 15 is 0 Å². The van der Waals surface area contributed by atoms with Crippen LogP contribution in [0.1, 0.15) is 63.0 Å². The van der Waals surface area contributed by atoms with Crippen molar-refractivity contribution in [2.75, 3.05) is 38.6 Å². The van der Waals surface area contributed by atoms with Crippen molar-refractivity contribution in [2.24, 2.45) is 7.05 Å². The Morgan fingerprint density at radius 3 is 2.48 bits per heavy atom. The lowest BCUT2D eigenvalue weighted by molar-refractivity contribution is -0.139. The summed E-state index contributed by atoms with van der Waals surface area (Å²) in [5, 5.41) is 10.7. The number of nitrogens with zero attached hydrogens (tertiary/aromatic N) is 6. The number of aliphatic hydroxyl groups excluding tert-OH is 1. The summed E-state index contributed by atoms with van der Waals surface area (Å²) in [5.74, 6) is 0.0174. The molecule has 1 atom stereocenters. The first-order valence-electron chi connectivity index (χ1n) is 16.1. The molecule has 4 heterocycles. The SMILES string of the molecule is CN1CCN(C)[C@H](c2ccc(Cc3nc(-c4cccc(N5CCn6c(cc7c6CCCC7)C5=O)c4CO)cn(C)c3=O)cc2)C1=O. The molecule has 1 saturated heterocycles. The fourth-order valence-electron chi connectivity index (χ4n) is 7.37. The summed E-state index contributed by atoms with van der Waals surface area (Å²) in [6, 6.07) is 15.2. The minimum absolute atomic E-state index is 0.0576. The van der Waals surface area contributed by atoms with Crippen LogP contribution >= 0.6 is 0 Å². The smallest absolute Gasteiger partial charge is 0.274 e. The Labute approximate surface area is 268 Å². The van der Waals surface area contributed by atoms with Crippen molar-refractivity contribution in [3.8, 4) is 11.3 Å². The maximum Gasteiger partial charge on any atom is 0.274 e. The number of aromatic nitrogens is 3. The summed E-state index contributed by atoms with van der Waals surface area (Å²) in [4.78, 5) is 50.3. The number of rotatable bonds is 6.